The van der Waals surface area contributed by atoms with Crippen molar-refractivity contribution in [1.82, 2.24) is 0 Å². The second kappa shape index (κ2) is 7.47. The molecule has 0 aromatic carbocycles. The highest BCUT2D eigenvalue weighted by molar-refractivity contribution is 7.48. The van der Waals surface area contributed by atoms with Gasteiger partial charge in [-0.25, -0.2) is 4.57 Å². The molecule has 0 aliphatic carbocycles. The van der Waals surface area contributed by atoms with Gasteiger partial charge in [-0.3, -0.25) is 13.6 Å². The van der Waals surface area contributed by atoms with E-state index in [1.807, 2.05) is 6.92 Å². The molecule has 80 valence electrons. The second-order valence-corrected chi connectivity index (χ2v) is 3.69. The van der Waals surface area contributed by atoms with Gasteiger partial charge in [0.15, 0.2) is 6.79 Å². The Morgan fingerprint density at radius 2 is 1.46 bits per heavy atom. The summed E-state index contributed by atoms with van der Waals surface area (Å²) in [7, 11) is -3.37. The lowest BCUT2D eigenvalue weighted by atomic mass is 10.9. The summed E-state index contributed by atoms with van der Waals surface area (Å²) in [6, 6.07) is 0. The number of phosphoric acid groups is 1. The van der Waals surface area contributed by atoms with E-state index < -0.39 is 7.82 Å². The average molecular weight is 212 g/mol. The normalized spacial score (nSPS) is 11.9. The summed E-state index contributed by atoms with van der Waals surface area (Å²) in [6.07, 6.45) is 0. The fourth-order valence-corrected chi connectivity index (χ4v) is 1.67. The average Bonchev–Trinajstić information content (AvgIpc) is 2.05. The van der Waals surface area contributed by atoms with E-state index >= 15 is 0 Å². The Morgan fingerprint density at radius 3 is 1.85 bits per heavy atom. The van der Waals surface area contributed by atoms with Crippen LogP contribution in [0.25, 0.3) is 0 Å². The van der Waals surface area contributed by atoms with Crippen LogP contribution in [0.5, 0.6) is 0 Å². The maximum atomic E-state index is 11.5. The smallest absolute Gasteiger partial charge is 0.355 e. The Labute approximate surface area is 78.9 Å². The third-order valence-electron chi connectivity index (χ3n) is 1.07. The Morgan fingerprint density at radius 1 is 0.923 bits per heavy atom. The molecule has 0 saturated heterocycles. The third-order valence-corrected chi connectivity index (χ3v) is 2.64. The summed E-state index contributed by atoms with van der Waals surface area (Å²) in [5, 5.41) is 0. The summed E-state index contributed by atoms with van der Waals surface area (Å²) >= 11 is 0. The molecular formula is C7H17O5P. The molecule has 5 nitrogen and oxygen atoms in total. The molecular weight excluding hydrogens is 195 g/mol. The fourth-order valence-electron chi connectivity index (χ4n) is 0.613. The Kier molecular flexibility index (Phi) is 7.51. The zero-order valence-corrected chi connectivity index (χ0v) is 9.21. The van der Waals surface area contributed by atoms with Crippen LogP contribution < -0.4 is 0 Å². The molecule has 0 saturated carbocycles. The van der Waals surface area contributed by atoms with E-state index in [4.69, 9.17) is 18.3 Å². The van der Waals surface area contributed by atoms with Crippen molar-refractivity contribution in [1.29, 1.82) is 0 Å². The lowest BCUT2D eigenvalue weighted by Crippen LogP contribution is -2.03. The highest BCUT2D eigenvalue weighted by Gasteiger charge is 2.24. The van der Waals surface area contributed by atoms with Gasteiger partial charge >= 0.3 is 7.82 Å². The molecule has 0 aromatic heterocycles. The van der Waals surface area contributed by atoms with E-state index in [9.17, 15) is 4.57 Å². The molecule has 0 amide bonds. The van der Waals surface area contributed by atoms with Crippen molar-refractivity contribution in [2.75, 3.05) is 26.6 Å². The predicted octanol–water partition coefficient (Wildman–Crippen LogP) is 2.18. The number of hydrogen-bond acceptors (Lipinski definition) is 5. The number of ether oxygens (including phenoxy) is 1. The maximum absolute atomic E-state index is 11.5. The molecule has 0 radical (unpaired) electrons. The molecule has 0 aliphatic heterocycles. The first kappa shape index (κ1) is 13.1. The van der Waals surface area contributed by atoms with Crippen LogP contribution in [0.15, 0.2) is 0 Å². The first-order chi connectivity index (χ1) is 6.18. The van der Waals surface area contributed by atoms with E-state index in [2.05, 4.69) is 0 Å². The van der Waals surface area contributed by atoms with Crippen LogP contribution in [-0.2, 0) is 22.9 Å². The summed E-state index contributed by atoms with van der Waals surface area (Å²) in [6.45, 7) is 6.24. The van der Waals surface area contributed by atoms with Gasteiger partial charge in [-0.2, -0.15) is 0 Å². The number of hydrogen-bond donors (Lipinski definition) is 0. The Bertz CT molecular complexity index is 151. The van der Waals surface area contributed by atoms with Gasteiger partial charge in [-0.1, -0.05) is 0 Å². The van der Waals surface area contributed by atoms with E-state index in [1.165, 1.54) is 0 Å². The van der Waals surface area contributed by atoms with E-state index in [-0.39, 0.29) is 20.0 Å². The van der Waals surface area contributed by atoms with Crippen LogP contribution in [0.2, 0.25) is 0 Å². The molecule has 0 fully saturated rings. The SMILES string of the molecule is CCOCOP(=O)(OCC)OCC. The minimum absolute atomic E-state index is 0.0756. The van der Waals surface area contributed by atoms with Crippen molar-refractivity contribution in [2.24, 2.45) is 0 Å². The van der Waals surface area contributed by atoms with Gasteiger partial charge in [0, 0.05) is 6.61 Å². The predicted molar refractivity (Wildman–Crippen MR) is 48.4 cm³/mol. The van der Waals surface area contributed by atoms with Crippen LogP contribution >= 0.6 is 7.82 Å². The molecule has 0 heterocycles. The highest BCUT2D eigenvalue weighted by atomic mass is 31.2. The van der Waals surface area contributed by atoms with Crippen LogP contribution in [-0.4, -0.2) is 26.6 Å². The van der Waals surface area contributed by atoms with E-state index in [1.54, 1.807) is 13.8 Å². The minimum Gasteiger partial charge on any atom is -0.355 e. The molecule has 0 unspecified atom stereocenters. The van der Waals surface area contributed by atoms with Gasteiger partial charge in [-0.15, -0.1) is 0 Å². The quantitative estimate of drug-likeness (QED) is 0.350. The molecule has 13 heavy (non-hydrogen) atoms. The standard InChI is InChI=1S/C7H17O5P/c1-4-9-7-12-13(8,10-5-2)11-6-3/h4-7H2,1-3H3. The van der Waals surface area contributed by atoms with Gasteiger partial charge < -0.3 is 4.74 Å². The summed E-state index contributed by atoms with van der Waals surface area (Å²) in [5.41, 5.74) is 0. The first-order valence-corrected chi connectivity index (χ1v) is 5.76. The first-order valence-electron chi connectivity index (χ1n) is 4.29. The fraction of sp³-hybridized carbons (Fsp3) is 1.00. The zero-order valence-electron chi connectivity index (χ0n) is 8.32. The molecule has 0 rings (SSSR count). The van der Waals surface area contributed by atoms with Crippen LogP contribution in [0.3, 0.4) is 0 Å². The number of rotatable bonds is 8. The molecule has 0 bridgehead atoms. The van der Waals surface area contributed by atoms with Crippen molar-refractivity contribution >= 4 is 7.82 Å². The summed E-state index contributed by atoms with van der Waals surface area (Å²) in [4.78, 5) is 0. The van der Waals surface area contributed by atoms with Gasteiger partial charge in [-0.05, 0) is 20.8 Å². The lowest BCUT2D eigenvalue weighted by Gasteiger charge is -2.15. The van der Waals surface area contributed by atoms with Crippen LogP contribution in [0.4, 0.5) is 0 Å². The van der Waals surface area contributed by atoms with Gasteiger partial charge in [0.25, 0.3) is 0 Å². The third kappa shape index (κ3) is 6.18. The van der Waals surface area contributed by atoms with Crippen LogP contribution in [0.1, 0.15) is 20.8 Å². The monoisotopic (exact) mass is 212 g/mol. The topological polar surface area (TPSA) is 54.0 Å². The molecule has 0 aliphatic rings. The maximum Gasteiger partial charge on any atom is 0.476 e. The summed E-state index contributed by atoms with van der Waals surface area (Å²) in [5.74, 6) is 0. The second-order valence-electron chi connectivity index (χ2n) is 2.02. The van der Waals surface area contributed by atoms with Crippen molar-refractivity contribution in [3.63, 3.8) is 0 Å². The largest absolute Gasteiger partial charge is 0.476 e. The molecule has 0 aromatic rings. The Hall–Kier alpha value is 0.0700. The highest BCUT2D eigenvalue weighted by Crippen LogP contribution is 2.48. The van der Waals surface area contributed by atoms with E-state index in [0.717, 1.165) is 0 Å². The zero-order chi connectivity index (χ0) is 10.2. The van der Waals surface area contributed by atoms with Crippen molar-refractivity contribution in [2.45, 2.75) is 20.8 Å². The minimum atomic E-state index is -3.37. The lowest BCUT2D eigenvalue weighted by molar-refractivity contribution is -0.00807. The van der Waals surface area contributed by atoms with Gasteiger partial charge in [0.1, 0.15) is 0 Å². The number of phosphoric ester groups is 1. The van der Waals surface area contributed by atoms with Gasteiger partial charge in [0.05, 0.1) is 13.2 Å². The molecule has 0 atom stereocenters. The summed E-state index contributed by atoms with van der Waals surface area (Å²) < 4.78 is 30.9. The Balaban J connectivity index is 3.85. The molecule has 6 heteroatoms. The van der Waals surface area contributed by atoms with E-state index in [0.29, 0.717) is 6.61 Å². The van der Waals surface area contributed by atoms with Crippen molar-refractivity contribution in [3.8, 4) is 0 Å². The molecule has 0 N–H and O–H groups in total. The molecule has 0 spiro atoms. The van der Waals surface area contributed by atoms with Crippen LogP contribution in [0, 0.1) is 0 Å². The van der Waals surface area contributed by atoms with Crippen molar-refractivity contribution in [3.05, 3.63) is 0 Å². The van der Waals surface area contributed by atoms with Crippen molar-refractivity contribution < 1.29 is 22.9 Å². The van der Waals surface area contributed by atoms with Gasteiger partial charge in [0.2, 0.25) is 0 Å².